The molecular formula is C17H12F2O4. The molecule has 0 aromatic heterocycles. The second-order valence-corrected chi connectivity index (χ2v) is 4.58. The minimum Gasteiger partial charge on any atom is -0.482 e. The molecule has 0 fully saturated rings. The molecule has 0 bridgehead atoms. The lowest BCUT2D eigenvalue weighted by molar-refractivity contribution is -0.139. The van der Waals surface area contributed by atoms with Crippen LogP contribution in [0.2, 0.25) is 0 Å². The van der Waals surface area contributed by atoms with Crippen LogP contribution in [0, 0.1) is 11.6 Å². The first-order valence-corrected chi connectivity index (χ1v) is 6.58. The van der Waals surface area contributed by atoms with Crippen molar-refractivity contribution in [1.82, 2.24) is 0 Å². The van der Waals surface area contributed by atoms with Crippen LogP contribution in [0.4, 0.5) is 8.78 Å². The fourth-order valence-electron chi connectivity index (χ4n) is 1.74. The molecule has 0 amide bonds. The Morgan fingerprint density at radius 2 is 1.74 bits per heavy atom. The minimum absolute atomic E-state index is 0.327. The van der Waals surface area contributed by atoms with Crippen molar-refractivity contribution in [2.24, 2.45) is 0 Å². The van der Waals surface area contributed by atoms with Crippen molar-refractivity contribution in [2.75, 3.05) is 6.61 Å². The Kier molecular flexibility index (Phi) is 5.19. The summed E-state index contributed by atoms with van der Waals surface area (Å²) in [5.41, 5.74) is 0.713. The number of halogens is 2. The third-order valence-corrected chi connectivity index (χ3v) is 2.87. The Balaban J connectivity index is 2.03. The summed E-state index contributed by atoms with van der Waals surface area (Å²) in [6.07, 6.45) is 2.61. The van der Waals surface area contributed by atoms with Gasteiger partial charge in [-0.2, -0.15) is 0 Å². The van der Waals surface area contributed by atoms with Crippen molar-refractivity contribution in [2.45, 2.75) is 0 Å². The molecule has 2 rings (SSSR count). The molecule has 0 aliphatic heterocycles. The monoisotopic (exact) mass is 318 g/mol. The maximum atomic E-state index is 13.1. The van der Waals surface area contributed by atoms with Gasteiger partial charge in [0.15, 0.2) is 24.0 Å². The first-order chi connectivity index (χ1) is 11.0. The van der Waals surface area contributed by atoms with Crippen molar-refractivity contribution in [3.05, 3.63) is 71.3 Å². The number of ether oxygens (including phenoxy) is 1. The van der Waals surface area contributed by atoms with Crippen LogP contribution < -0.4 is 4.74 Å². The van der Waals surface area contributed by atoms with Crippen LogP contribution in [0.15, 0.2) is 48.5 Å². The Labute approximate surface area is 130 Å². The van der Waals surface area contributed by atoms with E-state index in [4.69, 9.17) is 9.84 Å². The number of hydrogen-bond donors (Lipinski definition) is 1. The summed E-state index contributed by atoms with van der Waals surface area (Å²) < 4.78 is 30.8. The molecular weight excluding hydrogens is 306 g/mol. The molecule has 0 spiro atoms. The summed E-state index contributed by atoms with van der Waals surface area (Å²) in [4.78, 5) is 22.3. The SMILES string of the molecule is O=C(O)COc1ccc(C(=O)/C=C/c2ccc(F)c(F)c2)cc1. The number of carboxylic acid groups (broad SMARTS) is 1. The fraction of sp³-hybridized carbons (Fsp3) is 0.0588. The molecule has 0 radical (unpaired) electrons. The van der Waals surface area contributed by atoms with E-state index >= 15 is 0 Å². The lowest BCUT2D eigenvalue weighted by Gasteiger charge is -2.03. The van der Waals surface area contributed by atoms with Gasteiger partial charge in [0.2, 0.25) is 0 Å². The van der Waals surface area contributed by atoms with Crippen molar-refractivity contribution >= 4 is 17.8 Å². The molecule has 2 aromatic carbocycles. The summed E-state index contributed by atoms with van der Waals surface area (Å²) in [6, 6.07) is 9.23. The van der Waals surface area contributed by atoms with Gasteiger partial charge in [-0.3, -0.25) is 4.79 Å². The Hall–Kier alpha value is -3.02. The largest absolute Gasteiger partial charge is 0.482 e. The average molecular weight is 318 g/mol. The third kappa shape index (κ3) is 4.74. The van der Waals surface area contributed by atoms with E-state index in [1.807, 2.05) is 0 Å². The highest BCUT2D eigenvalue weighted by Gasteiger charge is 2.05. The zero-order valence-electron chi connectivity index (χ0n) is 11.8. The van der Waals surface area contributed by atoms with E-state index in [1.165, 1.54) is 42.5 Å². The Morgan fingerprint density at radius 3 is 2.35 bits per heavy atom. The molecule has 0 saturated heterocycles. The molecule has 0 aliphatic rings. The van der Waals surface area contributed by atoms with E-state index in [0.717, 1.165) is 12.1 Å². The molecule has 0 unspecified atom stereocenters. The highest BCUT2D eigenvalue weighted by molar-refractivity contribution is 6.06. The van der Waals surface area contributed by atoms with E-state index in [-0.39, 0.29) is 5.78 Å². The first-order valence-electron chi connectivity index (χ1n) is 6.58. The number of carbonyl (C=O) groups excluding carboxylic acids is 1. The zero-order chi connectivity index (χ0) is 16.8. The number of carbonyl (C=O) groups is 2. The summed E-state index contributed by atoms with van der Waals surface area (Å²) in [6.45, 7) is -0.469. The molecule has 6 heteroatoms. The number of hydrogen-bond acceptors (Lipinski definition) is 3. The van der Waals surface area contributed by atoms with E-state index in [1.54, 1.807) is 0 Å². The van der Waals surface area contributed by atoms with Crippen LogP contribution in [0.3, 0.4) is 0 Å². The average Bonchev–Trinajstić information content (AvgIpc) is 2.54. The van der Waals surface area contributed by atoms with Gasteiger partial charge in [0.05, 0.1) is 0 Å². The van der Waals surface area contributed by atoms with Crippen LogP contribution in [-0.4, -0.2) is 23.5 Å². The number of carboxylic acids is 1. The Bertz CT molecular complexity index is 752. The Morgan fingerprint density at radius 1 is 1.04 bits per heavy atom. The maximum absolute atomic E-state index is 13.1. The number of rotatable bonds is 6. The number of aliphatic carboxylic acids is 1. The standard InChI is InChI=1S/C17H12F2O4/c18-14-7-1-11(9-15(14)19)2-8-16(20)12-3-5-13(6-4-12)23-10-17(21)22/h1-9H,10H2,(H,21,22)/b8-2+. The van der Waals surface area contributed by atoms with Crippen LogP contribution in [0.5, 0.6) is 5.75 Å². The molecule has 4 nitrogen and oxygen atoms in total. The second kappa shape index (κ2) is 7.31. The van der Waals surface area contributed by atoms with Gasteiger partial charge in [0, 0.05) is 5.56 Å². The van der Waals surface area contributed by atoms with Crippen LogP contribution in [0.1, 0.15) is 15.9 Å². The highest BCUT2D eigenvalue weighted by Crippen LogP contribution is 2.14. The molecule has 0 atom stereocenters. The topological polar surface area (TPSA) is 63.6 Å². The second-order valence-electron chi connectivity index (χ2n) is 4.58. The van der Waals surface area contributed by atoms with Crippen molar-refractivity contribution in [3.63, 3.8) is 0 Å². The zero-order valence-corrected chi connectivity index (χ0v) is 11.8. The van der Waals surface area contributed by atoms with Crippen LogP contribution >= 0.6 is 0 Å². The molecule has 0 saturated carbocycles. The number of benzene rings is 2. The van der Waals surface area contributed by atoms with E-state index < -0.39 is 24.2 Å². The van der Waals surface area contributed by atoms with Gasteiger partial charge < -0.3 is 9.84 Å². The normalized spacial score (nSPS) is 10.7. The number of allylic oxidation sites excluding steroid dienone is 1. The van der Waals surface area contributed by atoms with E-state index in [0.29, 0.717) is 16.9 Å². The summed E-state index contributed by atoms with van der Waals surface area (Å²) in [5.74, 6) is -3.04. The van der Waals surface area contributed by atoms with Gasteiger partial charge in [-0.05, 0) is 48.0 Å². The predicted molar refractivity (Wildman–Crippen MR) is 79.3 cm³/mol. The van der Waals surface area contributed by atoms with Gasteiger partial charge in [-0.1, -0.05) is 12.1 Å². The number of ketones is 1. The third-order valence-electron chi connectivity index (χ3n) is 2.87. The van der Waals surface area contributed by atoms with Crippen molar-refractivity contribution in [3.8, 4) is 5.75 Å². The highest BCUT2D eigenvalue weighted by atomic mass is 19.2. The van der Waals surface area contributed by atoms with Gasteiger partial charge in [0.25, 0.3) is 0 Å². The van der Waals surface area contributed by atoms with Gasteiger partial charge in [-0.25, -0.2) is 13.6 Å². The lowest BCUT2D eigenvalue weighted by atomic mass is 10.1. The lowest BCUT2D eigenvalue weighted by Crippen LogP contribution is -2.09. The van der Waals surface area contributed by atoms with Gasteiger partial charge >= 0.3 is 5.97 Å². The van der Waals surface area contributed by atoms with E-state index in [9.17, 15) is 18.4 Å². The van der Waals surface area contributed by atoms with Crippen molar-refractivity contribution in [1.29, 1.82) is 0 Å². The minimum atomic E-state index is -1.10. The summed E-state index contributed by atoms with van der Waals surface area (Å²) >= 11 is 0. The van der Waals surface area contributed by atoms with Gasteiger partial charge in [-0.15, -0.1) is 0 Å². The molecule has 118 valence electrons. The molecule has 0 heterocycles. The van der Waals surface area contributed by atoms with Gasteiger partial charge in [0.1, 0.15) is 5.75 Å². The van der Waals surface area contributed by atoms with E-state index in [2.05, 4.69) is 0 Å². The molecule has 1 N–H and O–H groups in total. The summed E-state index contributed by atoms with van der Waals surface area (Å²) in [5, 5.41) is 8.49. The fourth-order valence-corrected chi connectivity index (χ4v) is 1.74. The molecule has 2 aromatic rings. The maximum Gasteiger partial charge on any atom is 0.341 e. The predicted octanol–water partition coefficient (Wildman–Crippen LogP) is 3.32. The molecule has 23 heavy (non-hydrogen) atoms. The quantitative estimate of drug-likeness (QED) is 0.655. The smallest absolute Gasteiger partial charge is 0.341 e. The first kappa shape index (κ1) is 16.4. The van der Waals surface area contributed by atoms with Crippen molar-refractivity contribution < 1.29 is 28.2 Å². The van der Waals surface area contributed by atoms with Crippen LogP contribution in [0.25, 0.3) is 6.08 Å². The van der Waals surface area contributed by atoms with Crippen LogP contribution in [-0.2, 0) is 4.79 Å². The molecule has 0 aliphatic carbocycles. The summed E-state index contributed by atoms with van der Waals surface area (Å²) in [7, 11) is 0.